The van der Waals surface area contributed by atoms with E-state index in [2.05, 4.69) is 15.0 Å². The smallest absolute Gasteiger partial charge is 0.422 e. The van der Waals surface area contributed by atoms with Gasteiger partial charge in [-0.1, -0.05) is 0 Å². The van der Waals surface area contributed by atoms with E-state index in [9.17, 15) is 18.0 Å². The Balaban J connectivity index is 1.46. The number of aromatic nitrogens is 2. The van der Waals surface area contributed by atoms with Gasteiger partial charge in [-0.25, -0.2) is 4.98 Å². The molecular weight excluding hydrogens is 387 g/mol. The number of anilines is 1. The first-order chi connectivity index (χ1) is 12.4. The second-order valence-electron chi connectivity index (χ2n) is 5.35. The molecule has 0 saturated carbocycles. The van der Waals surface area contributed by atoms with Crippen molar-refractivity contribution in [1.29, 1.82) is 0 Å². The number of ether oxygens (including phenoxy) is 1. The van der Waals surface area contributed by atoms with Gasteiger partial charge in [-0.2, -0.15) is 13.2 Å². The van der Waals surface area contributed by atoms with Gasteiger partial charge in [-0.15, -0.1) is 22.7 Å². The van der Waals surface area contributed by atoms with Crippen LogP contribution in [0.25, 0.3) is 15.3 Å². The number of rotatable bonds is 4. The predicted octanol–water partition coefficient (Wildman–Crippen LogP) is 4.80. The molecule has 0 saturated heterocycles. The highest BCUT2D eigenvalue weighted by Gasteiger charge is 2.28. The van der Waals surface area contributed by atoms with Crippen molar-refractivity contribution < 1.29 is 22.7 Å². The number of imidazole rings is 1. The van der Waals surface area contributed by atoms with Crippen molar-refractivity contribution in [2.75, 3.05) is 11.9 Å². The zero-order chi connectivity index (χ0) is 18.3. The maximum Gasteiger partial charge on any atom is 0.422 e. The summed E-state index contributed by atoms with van der Waals surface area (Å²) in [5, 5.41) is 4.63. The van der Waals surface area contributed by atoms with E-state index in [0.29, 0.717) is 10.6 Å². The summed E-state index contributed by atoms with van der Waals surface area (Å²) < 4.78 is 42.9. The summed E-state index contributed by atoms with van der Waals surface area (Å²) in [6.07, 6.45) is -2.50. The number of hydrogen-bond acceptors (Lipinski definition) is 5. The molecule has 5 nitrogen and oxygen atoms in total. The Bertz CT molecular complexity index is 1080. The minimum Gasteiger partial charge on any atom is -0.484 e. The molecule has 134 valence electrons. The van der Waals surface area contributed by atoms with Crippen molar-refractivity contribution in [3.8, 4) is 5.75 Å². The summed E-state index contributed by atoms with van der Waals surface area (Å²) in [5.74, 6) is -0.225. The molecule has 10 heteroatoms. The summed E-state index contributed by atoms with van der Waals surface area (Å²) in [7, 11) is 0. The van der Waals surface area contributed by atoms with Gasteiger partial charge in [0.25, 0.3) is 5.91 Å². The Kier molecular flexibility index (Phi) is 4.08. The fourth-order valence-corrected chi connectivity index (χ4v) is 4.05. The fourth-order valence-electron chi connectivity index (χ4n) is 2.35. The number of benzene rings is 1. The molecule has 3 aromatic heterocycles. The van der Waals surface area contributed by atoms with Crippen LogP contribution < -0.4 is 10.1 Å². The summed E-state index contributed by atoms with van der Waals surface area (Å²) in [6.45, 7) is -1.36. The largest absolute Gasteiger partial charge is 0.484 e. The summed E-state index contributed by atoms with van der Waals surface area (Å²) >= 11 is 2.80. The molecule has 0 aliphatic heterocycles. The van der Waals surface area contributed by atoms with Gasteiger partial charge in [0.05, 0.1) is 10.4 Å². The lowest BCUT2D eigenvalue weighted by Gasteiger charge is -2.09. The van der Waals surface area contributed by atoms with Gasteiger partial charge in [-0.3, -0.25) is 9.20 Å². The van der Waals surface area contributed by atoms with Gasteiger partial charge < -0.3 is 10.1 Å². The van der Waals surface area contributed by atoms with Crippen LogP contribution in [0.2, 0.25) is 0 Å². The molecule has 0 unspecified atom stereocenters. The highest BCUT2D eigenvalue weighted by molar-refractivity contribution is 7.21. The average molecular weight is 397 g/mol. The number of carbonyl (C=O) groups excluding carboxylic acids is 1. The van der Waals surface area contributed by atoms with Gasteiger partial charge in [0.2, 0.25) is 0 Å². The standard InChI is InChI=1S/C16H10F3N3O2S2/c17-16(18,19)8-24-10-3-1-9(2-4-10)20-13(23)12-7-11-14(26-12)21-15-22(11)5-6-25-15/h1-7H,8H2,(H,20,23). The molecule has 0 radical (unpaired) electrons. The third-order valence-electron chi connectivity index (χ3n) is 3.48. The molecule has 26 heavy (non-hydrogen) atoms. The first-order valence-electron chi connectivity index (χ1n) is 7.35. The molecular formula is C16H10F3N3O2S2. The first-order valence-corrected chi connectivity index (χ1v) is 9.05. The molecule has 1 N–H and O–H groups in total. The monoisotopic (exact) mass is 397 g/mol. The number of nitrogens with one attached hydrogen (secondary N) is 1. The van der Waals surface area contributed by atoms with Crippen LogP contribution >= 0.6 is 22.7 Å². The molecule has 0 atom stereocenters. The number of thiazole rings is 1. The first kappa shape index (κ1) is 16.9. The molecule has 0 spiro atoms. The molecule has 4 aromatic rings. The van der Waals surface area contributed by atoms with Gasteiger partial charge >= 0.3 is 6.18 Å². The van der Waals surface area contributed by atoms with Gasteiger partial charge in [0, 0.05) is 17.3 Å². The van der Waals surface area contributed by atoms with Crippen LogP contribution in [-0.2, 0) is 0 Å². The minimum absolute atomic E-state index is 0.0793. The van der Waals surface area contributed by atoms with E-state index in [1.54, 1.807) is 6.07 Å². The summed E-state index contributed by atoms with van der Waals surface area (Å²) in [6, 6.07) is 7.49. The second kappa shape index (κ2) is 6.29. The number of carbonyl (C=O) groups is 1. The fraction of sp³-hybridized carbons (Fsp3) is 0.125. The van der Waals surface area contributed by atoms with Gasteiger partial charge in [0.1, 0.15) is 10.6 Å². The van der Waals surface area contributed by atoms with Crippen molar-refractivity contribution in [3.63, 3.8) is 0 Å². The van der Waals surface area contributed by atoms with Crippen LogP contribution in [0, 0.1) is 0 Å². The van der Waals surface area contributed by atoms with Gasteiger partial charge in [-0.05, 0) is 30.3 Å². The van der Waals surface area contributed by atoms with Crippen molar-refractivity contribution in [1.82, 2.24) is 9.38 Å². The lowest BCUT2D eigenvalue weighted by atomic mass is 10.3. The maximum absolute atomic E-state index is 12.4. The molecule has 0 bridgehead atoms. The number of hydrogen-bond donors (Lipinski definition) is 1. The zero-order valence-electron chi connectivity index (χ0n) is 12.9. The normalized spacial score (nSPS) is 12.0. The van der Waals surface area contributed by atoms with Crippen molar-refractivity contribution in [2.45, 2.75) is 6.18 Å². The highest BCUT2D eigenvalue weighted by atomic mass is 32.1. The Morgan fingerprint density at radius 3 is 2.77 bits per heavy atom. The zero-order valence-corrected chi connectivity index (χ0v) is 14.5. The number of halogens is 3. The Morgan fingerprint density at radius 1 is 1.27 bits per heavy atom. The summed E-state index contributed by atoms with van der Waals surface area (Å²) in [4.78, 5) is 19.0. The molecule has 3 heterocycles. The highest BCUT2D eigenvalue weighted by Crippen LogP contribution is 2.29. The second-order valence-corrected chi connectivity index (χ2v) is 7.25. The number of fused-ring (bicyclic) bond motifs is 3. The Hall–Kier alpha value is -2.59. The quantitative estimate of drug-likeness (QED) is 0.538. The van der Waals surface area contributed by atoms with E-state index in [0.717, 1.165) is 15.3 Å². The van der Waals surface area contributed by atoms with E-state index < -0.39 is 12.8 Å². The van der Waals surface area contributed by atoms with E-state index in [-0.39, 0.29) is 11.7 Å². The van der Waals surface area contributed by atoms with Crippen LogP contribution in [-0.4, -0.2) is 28.1 Å². The number of nitrogens with zero attached hydrogens (tertiary/aromatic N) is 2. The third-order valence-corrected chi connectivity index (χ3v) is 5.25. The minimum atomic E-state index is -4.39. The van der Waals surface area contributed by atoms with Crippen LogP contribution in [0.3, 0.4) is 0 Å². The topological polar surface area (TPSA) is 55.6 Å². The molecule has 1 aromatic carbocycles. The SMILES string of the molecule is O=C(Nc1ccc(OCC(F)(F)F)cc1)c1cc2c(nc3sccn32)s1. The number of thiophene rings is 1. The van der Waals surface area contributed by atoms with Crippen molar-refractivity contribution >= 4 is 49.6 Å². The number of alkyl halides is 3. The van der Waals surface area contributed by atoms with E-state index in [1.165, 1.54) is 46.9 Å². The third kappa shape index (κ3) is 3.37. The maximum atomic E-state index is 12.4. The molecule has 0 aliphatic carbocycles. The lowest BCUT2D eigenvalue weighted by molar-refractivity contribution is -0.153. The molecule has 1 amide bonds. The molecule has 0 fully saturated rings. The van der Waals surface area contributed by atoms with E-state index >= 15 is 0 Å². The van der Waals surface area contributed by atoms with Crippen LogP contribution in [0.5, 0.6) is 5.75 Å². The predicted molar refractivity (Wildman–Crippen MR) is 94.4 cm³/mol. The van der Waals surface area contributed by atoms with Crippen molar-refractivity contribution in [3.05, 3.63) is 46.8 Å². The van der Waals surface area contributed by atoms with E-state index in [1.807, 2.05) is 16.0 Å². The summed E-state index contributed by atoms with van der Waals surface area (Å²) in [5.41, 5.74) is 1.33. The average Bonchev–Trinajstić information content (AvgIpc) is 3.25. The van der Waals surface area contributed by atoms with Crippen LogP contribution in [0.15, 0.2) is 41.9 Å². The lowest BCUT2D eigenvalue weighted by Crippen LogP contribution is -2.19. The Morgan fingerprint density at radius 2 is 2.04 bits per heavy atom. The van der Waals surface area contributed by atoms with Gasteiger partial charge in [0.15, 0.2) is 11.6 Å². The van der Waals surface area contributed by atoms with Crippen LogP contribution in [0.1, 0.15) is 9.67 Å². The molecule has 4 rings (SSSR count). The van der Waals surface area contributed by atoms with Crippen LogP contribution in [0.4, 0.5) is 18.9 Å². The number of amides is 1. The molecule has 0 aliphatic rings. The van der Waals surface area contributed by atoms with Crippen molar-refractivity contribution in [2.24, 2.45) is 0 Å². The van der Waals surface area contributed by atoms with E-state index in [4.69, 9.17) is 0 Å². The Labute approximate surface area is 152 Å².